The first-order valence-corrected chi connectivity index (χ1v) is 7.78. The van der Waals surface area contributed by atoms with Crippen molar-refractivity contribution in [3.05, 3.63) is 48.0 Å². The lowest BCUT2D eigenvalue weighted by Gasteiger charge is -2.16. The van der Waals surface area contributed by atoms with Gasteiger partial charge in [-0.05, 0) is 37.1 Å². The number of carbonyl (C=O) groups excluding carboxylic acids is 2. The summed E-state index contributed by atoms with van der Waals surface area (Å²) >= 11 is 0. The van der Waals surface area contributed by atoms with Crippen LogP contribution < -0.4 is 16.0 Å². The Hall–Kier alpha value is -2.40. The van der Waals surface area contributed by atoms with E-state index in [9.17, 15) is 9.59 Å². The summed E-state index contributed by atoms with van der Waals surface area (Å²) < 4.78 is 0. The molecule has 2 aromatic rings. The van der Waals surface area contributed by atoms with E-state index in [1.807, 2.05) is 45.0 Å². The smallest absolute Gasteiger partial charge is 0.321 e. The second kappa shape index (κ2) is 7.74. The molecule has 2 aromatic carbocycles. The van der Waals surface area contributed by atoms with E-state index >= 15 is 0 Å². The molecule has 0 spiro atoms. The molecule has 23 heavy (non-hydrogen) atoms. The van der Waals surface area contributed by atoms with Crippen LogP contribution in [0, 0.1) is 0 Å². The maximum Gasteiger partial charge on any atom is 0.321 e. The van der Waals surface area contributed by atoms with Crippen LogP contribution in [0.2, 0.25) is 0 Å². The van der Waals surface area contributed by atoms with E-state index in [1.165, 1.54) is 5.39 Å². The maximum absolute atomic E-state index is 11.8. The van der Waals surface area contributed by atoms with Crippen molar-refractivity contribution in [1.82, 2.24) is 16.0 Å². The number of benzene rings is 2. The van der Waals surface area contributed by atoms with Crippen molar-refractivity contribution < 1.29 is 9.59 Å². The highest BCUT2D eigenvalue weighted by Gasteiger charge is 2.12. The zero-order valence-corrected chi connectivity index (χ0v) is 13.7. The number of nitrogens with one attached hydrogen (secondary N) is 3. The lowest BCUT2D eigenvalue weighted by atomic mass is 10.00. The molecule has 2 rings (SSSR count). The molecule has 1 atom stereocenters. The molecule has 5 nitrogen and oxygen atoms in total. The van der Waals surface area contributed by atoms with Crippen LogP contribution in [0.25, 0.3) is 10.8 Å². The van der Waals surface area contributed by atoms with Crippen molar-refractivity contribution in [1.29, 1.82) is 0 Å². The quantitative estimate of drug-likeness (QED) is 0.795. The number of amides is 3. The molecule has 3 amide bonds. The van der Waals surface area contributed by atoms with Crippen LogP contribution >= 0.6 is 0 Å². The molecule has 122 valence electrons. The predicted octanol–water partition coefficient (Wildman–Crippen LogP) is 2.72. The van der Waals surface area contributed by atoms with Gasteiger partial charge in [0.25, 0.3) is 0 Å². The van der Waals surface area contributed by atoms with Crippen molar-refractivity contribution in [2.75, 3.05) is 6.54 Å². The first kappa shape index (κ1) is 17.0. The second-order valence-corrected chi connectivity index (χ2v) is 5.85. The fourth-order valence-corrected chi connectivity index (χ4v) is 2.45. The van der Waals surface area contributed by atoms with Crippen molar-refractivity contribution in [2.45, 2.75) is 32.9 Å². The molecule has 0 aromatic heterocycles. The first-order valence-electron chi connectivity index (χ1n) is 7.78. The number of hydrogen-bond donors (Lipinski definition) is 3. The van der Waals surface area contributed by atoms with Crippen LogP contribution in [-0.4, -0.2) is 24.5 Å². The summed E-state index contributed by atoms with van der Waals surface area (Å²) in [7, 11) is 0. The van der Waals surface area contributed by atoms with Crippen LogP contribution in [-0.2, 0) is 4.79 Å². The molecular weight excluding hydrogens is 290 g/mol. The SMILES string of the molecule is CC(C)NC(=O)NC(=O)CN[C@H](C)c1cccc2ccccc12. The lowest BCUT2D eigenvalue weighted by Crippen LogP contribution is -2.45. The fourth-order valence-electron chi connectivity index (χ4n) is 2.45. The van der Waals surface area contributed by atoms with E-state index in [4.69, 9.17) is 0 Å². The van der Waals surface area contributed by atoms with Crippen molar-refractivity contribution in [2.24, 2.45) is 0 Å². The van der Waals surface area contributed by atoms with Gasteiger partial charge in [-0.25, -0.2) is 4.79 Å². The summed E-state index contributed by atoms with van der Waals surface area (Å²) in [6.07, 6.45) is 0. The summed E-state index contributed by atoms with van der Waals surface area (Å²) in [5.41, 5.74) is 1.13. The Morgan fingerprint density at radius 2 is 1.70 bits per heavy atom. The fraction of sp³-hybridized carbons (Fsp3) is 0.333. The van der Waals surface area contributed by atoms with Gasteiger partial charge in [-0.15, -0.1) is 0 Å². The Bertz CT molecular complexity index is 692. The summed E-state index contributed by atoms with van der Waals surface area (Å²) in [5.74, 6) is -0.352. The molecule has 0 aliphatic rings. The zero-order chi connectivity index (χ0) is 16.8. The number of carbonyl (C=O) groups is 2. The van der Waals surface area contributed by atoms with Gasteiger partial charge in [-0.3, -0.25) is 10.1 Å². The molecule has 0 unspecified atom stereocenters. The highest BCUT2D eigenvalue weighted by atomic mass is 16.2. The average molecular weight is 313 g/mol. The van der Waals surface area contributed by atoms with Gasteiger partial charge in [0.15, 0.2) is 0 Å². The molecular formula is C18H23N3O2. The van der Waals surface area contributed by atoms with Gasteiger partial charge in [-0.2, -0.15) is 0 Å². The van der Waals surface area contributed by atoms with Crippen LogP contribution in [0.4, 0.5) is 4.79 Å². The predicted molar refractivity (Wildman–Crippen MR) is 92.2 cm³/mol. The van der Waals surface area contributed by atoms with Gasteiger partial charge in [0.1, 0.15) is 0 Å². The molecule has 5 heteroatoms. The van der Waals surface area contributed by atoms with E-state index in [0.29, 0.717) is 0 Å². The maximum atomic E-state index is 11.8. The van der Waals surface area contributed by atoms with E-state index in [-0.39, 0.29) is 24.5 Å². The molecule has 0 heterocycles. The highest BCUT2D eigenvalue weighted by Crippen LogP contribution is 2.23. The minimum atomic E-state index is -0.468. The van der Waals surface area contributed by atoms with Gasteiger partial charge < -0.3 is 10.6 Å². The second-order valence-electron chi connectivity index (χ2n) is 5.85. The topological polar surface area (TPSA) is 70.2 Å². The van der Waals surface area contributed by atoms with E-state index in [1.54, 1.807) is 0 Å². The Kier molecular flexibility index (Phi) is 5.71. The number of urea groups is 1. The van der Waals surface area contributed by atoms with Gasteiger partial charge in [0.2, 0.25) is 5.91 Å². The number of rotatable bonds is 5. The molecule has 3 N–H and O–H groups in total. The molecule has 0 fully saturated rings. The monoisotopic (exact) mass is 313 g/mol. The van der Waals surface area contributed by atoms with Crippen molar-refractivity contribution in [3.63, 3.8) is 0 Å². The molecule has 0 saturated carbocycles. The Morgan fingerprint density at radius 1 is 1.00 bits per heavy atom. The molecule has 0 aliphatic carbocycles. The van der Waals surface area contributed by atoms with Crippen molar-refractivity contribution in [3.8, 4) is 0 Å². The molecule has 0 bridgehead atoms. The summed E-state index contributed by atoms with van der Waals surface area (Å²) in [5, 5.41) is 10.4. The molecule has 0 aliphatic heterocycles. The van der Waals surface area contributed by atoms with Crippen molar-refractivity contribution >= 4 is 22.7 Å². The Labute approximate surface area is 136 Å². The standard InChI is InChI=1S/C18H23N3O2/c1-12(2)20-18(23)21-17(22)11-19-13(3)15-10-6-8-14-7-4-5-9-16(14)15/h4-10,12-13,19H,11H2,1-3H3,(H2,20,21,22,23)/t13-/m1/s1. The summed E-state index contributed by atoms with van der Waals surface area (Å²) in [6, 6.07) is 13.8. The third-order valence-electron chi connectivity index (χ3n) is 3.53. The third kappa shape index (κ3) is 4.79. The molecule has 0 saturated heterocycles. The lowest BCUT2D eigenvalue weighted by molar-refractivity contribution is -0.119. The third-order valence-corrected chi connectivity index (χ3v) is 3.53. The zero-order valence-electron chi connectivity index (χ0n) is 13.7. The van der Waals surface area contributed by atoms with E-state index in [0.717, 1.165) is 10.9 Å². The minimum absolute atomic E-state index is 0.00000924. The van der Waals surface area contributed by atoms with Crippen LogP contribution in [0.15, 0.2) is 42.5 Å². The van der Waals surface area contributed by atoms with E-state index in [2.05, 4.69) is 34.1 Å². The number of hydrogen-bond acceptors (Lipinski definition) is 3. The summed E-state index contributed by atoms with van der Waals surface area (Å²) in [6.45, 7) is 5.76. The molecule has 0 radical (unpaired) electrons. The number of fused-ring (bicyclic) bond motifs is 1. The average Bonchev–Trinajstić information content (AvgIpc) is 2.51. The first-order chi connectivity index (χ1) is 11.0. The van der Waals surface area contributed by atoms with Gasteiger partial charge in [0.05, 0.1) is 6.54 Å². The normalized spacial score (nSPS) is 12.2. The van der Waals surface area contributed by atoms with Crippen LogP contribution in [0.3, 0.4) is 0 Å². The largest absolute Gasteiger partial charge is 0.336 e. The summed E-state index contributed by atoms with van der Waals surface area (Å²) in [4.78, 5) is 23.3. The van der Waals surface area contributed by atoms with Gasteiger partial charge in [0, 0.05) is 12.1 Å². The van der Waals surface area contributed by atoms with Gasteiger partial charge >= 0.3 is 6.03 Å². The number of imide groups is 1. The van der Waals surface area contributed by atoms with Crippen LogP contribution in [0.5, 0.6) is 0 Å². The van der Waals surface area contributed by atoms with E-state index < -0.39 is 6.03 Å². The highest BCUT2D eigenvalue weighted by molar-refractivity contribution is 5.95. The van der Waals surface area contributed by atoms with Crippen LogP contribution in [0.1, 0.15) is 32.4 Å². The van der Waals surface area contributed by atoms with Gasteiger partial charge in [-0.1, -0.05) is 42.5 Å². The minimum Gasteiger partial charge on any atom is -0.336 e. The Morgan fingerprint density at radius 3 is 2.43 bits per heavy atom. The Balaban J connectivity index is 1.95.